The molecule has 0 unspecified atom stereocenters. The van der Waals surface area contributed by atoms with Gasteiger partial charge in [0.25, 0.3) is 0 Å². The van der Waals surface area contributed by atoms with Crippen LogP contribution in [0.15, 0.2) is 41.0 Å². The van der Waals surface area contributed by atoms with E-state index in [4.69, 9.17) is 4.42 Å². The fourth-order valence-electron chi connectivity index (χ4n) is 1.75. The molecule has 0 aliphatic rings. The highest BCUT2D eigenvalue weighted by Crippen LogP contribution is 2.14. The molecular weight excluding hydrogens is 330 g/mol. The number of sulfonamides is 1. The van der Waals surface area contributed by atoms with Crippen molar-refractivity contribution in [1.82, 2.24) is 10.0 Å². The van der Waals surface area contributed by atoms with E-state index in [0.717, 1.165) is 18.2 Å². The molecule has 1 aromatic heterocycles. The summed E-state index contributed by atoms with van der Waals surface area (Å²) in [5.74, 6) is -2.90. The van der Waals surface area contributed by atoms with Crippen LogP contribution in [0, 0.1) is 11.6 Å². The quantitative estimate of drug-likeness (QED) is 0.792. The number of furan rings is 1. The monoisotopic (exact) mass is 344 g/mol. The molecule has 1 heterocycles. The average molecular weight is 344 g/mol. The molecule has 9 heteroatoms. The number of amides is 1. The maximum atomic E-state index is 13.4. The zero-order chi connectivity index (χ0) is 16.9. The summed E-state index contributed by atoms with van der Waals surface area (Å²) >= 11 is 0. The Kier molecular flexibility index (Phi) is 5.45. The maximum Gasteiger partial charge on any atom is 0.235 e. The fourth-order valence-corrected chi connectivity index (χ4v) is 2.86. The Labute approximate surface area is 131 Å². The predicted octanol–water partition coefficient (Wildman–Crippen LogP) is 1.29. The van der Waals surface area contributed by atoms with Crippen molar-refractivity contribution in [3.05, 3.63) is 59.6 Å². The van der Waals surface area contributed by atoms with Crippen LogP contribution < -0.4 is 10.0 Å². The summed E-state index contributed by atoms with van der Waals surface area (Å²) in [4.78, 5) is 11.5. The van der Waals surface area contributed by atoms with Crippen LogP contribution >= 0.6 is 0 Å². The van der Waals surface area contributed by atoms with Gasteiger partial charge in [-0.15, -0.1) is 0 Å². The van der Waals surface area contributed by atoms with E-state index < -0.39 is 45.4 Å². The van der Waals surface area contributed by atoms with Crippen LogP contribution in [-0.4, -0.2) is 20.9 Å². The minimum absolute atomic E-state index is 0.107. The van der Waals surface area contributed by atoms with Gasteiger partial charge in [-0.25, -0.2) is 21.9 Å². The van der Waals surface area contributed by atoms with Gasteiger partial charge in [-0.1, -0.05) is 6.07 Å². The second-order valence-corrected chi connectivity index (χ2v) is 6.44. The Morgan fingerprint density at radius 1 is 1.13 bits per heavy atom. The van der Waals surface area contributed by atoms with Gasteiger partial charge in [-0.2, -0.15) is 0 Å². The number of hydrogen-bond acceptors (Lipinski definition) is 4. The zero-order valence-corrected chi connectivity index (χ0v) is 12.7. The lowest BCUT2D eigenvalue weighted by Gasteiger charge is -2.08. The lowest BCUT2D eigenvalue weighted by Crippen LogP contribution is -2.37. The average Bonchev–Trinajstić information content (AvgIpc) is 3.00. The van der Waals surface area contributed by atoms with Crippen molar-refractivity contribution >= 4 is 15.9 Å². The summed E-state index contributed by atoms with van der Waals surface area (Å²) in [6, 6.07) is 6.35. The molecule has 2 N–H and O–H groups in total. The van der Waals surface area contributed by atoms with E-state index in [-0.39, 0.29) is 6.54 Å². The molecule has 23 heavy (non-hydrogen) atoms. The largest absolute Gasteiger partial charge is 0.467 e. The first-order chi connectivity index (χ1) is 10.9. The molecule has 2 rings (SSSR count). The molecule has 1 amide bonds. The zero-order valence-electron chi connectivity index (χ0n) is 11.9. The number of nitrogens with one attached hydrogen (secondary N) is 2. The van der Waals surface area contributed by atoms with E-state index in [9.17, 15) is 22.0 Å². The molecular formula is C14H14F2N2O4S. The highest BCUT2D eigenvalue weighted by atomic mass is 32.2. The van der Waals surface area contributed by atoms with Crippen LogP contribution in [0.1, 0.15) is 11.3 Å². The van der Waals surface area contributed by atoms with Gasteiger partial charge < -0.3 is 9.73 Å². The minimum atomic E-state index is -4.06. The van der Waals surface area contributed by atoms with Crippen LogP contribution in [0.2, 0.25) is 0 Å². The Balaban J connectivity index is 1.87. The lowest BCUT2D eigenvalue weighted by atomic mass is 10.2. The van der Waals surface area contributed by atoms with Crippen LogP contribution in [0.3, 0.4) is 0 Å². The minimum Gasteiger partial charge on any atom is -0.467 e. The molecule has 0 saturated heterocycles. The maximum absolute atomic E-state index is 13.4. The van der Waals surface area contributed by atoms with Crippen LogP contribution in [-0.2, 0) is 27.1 Å². The number of hydrogen-bond donors (Lipinski definition) is 2. The van der Waals surface area contributed by atoms with Gasteiger partial charge >= 0.3 is 0 Å². The van der Waals surface area contributed by atoms with Crippen LogP contribution in [0.25, 0.3) is 0 Å². The van der Waals surface area contributed by atoms with Crippen molar-refractivity contribution in [3.8, 4) is 0 Å². The van der Waals surface area contributed by atoms with Crippen molar-refractivity contribution in [2.45, 2.75) is 12.3 Å². The summed E-state index contributed by atoms with van der Waals surface area (Å²) in [7, 11) is -4.06. The highest BCUT2D eigenvalue weighted by molar-refractivity contribution is 7.88. The van der Waals surface area contributed by atoms with E-state index in [0.29, 0.717) is 5.76 Å². The molecule has 0 aliphatic heterocycles. The molecule has 0 aliphatic carbocycles. The van der Waals surface area contributed by atoms with Gasteiger partial charge in [0.2, 0.25) is 15.9 Å². The normalized spacial score (nSPS) is 11.4. The van der Waals surface area contributed by atoms with Crippen molar-refractivity contribution in [2.24, 2.45) is 0 Å². The van der Waals surface area contributed by atoms with Gasteiger partial charge in [0, 0.05) is 5.56 Å². The number of carbonyl (C=O) groups excluding carboxylic acids is 1. The summed E-state index contributed by atoms with van der Waals surface area (Å²) in [6.45, 7) is -0.436. The first kappa shape index (κ1) is 17.1. The molecule has 0 spiro atoms. The van der Waals surface area contributed by atoms with Gasteiger partial charge in [0.1, 0.15) is 17.4 Å². The third-order valence-electron chi connectivity index (χ3n) is 2.89. The third-order valence-corrected chi connectivity index (χ3v) is 4.14. The first-order valence-corrected chi connectivity index (χ1v) is 8.22. The summed E-state index contributed by atoms with van der Waals surface area (Å²) in [5, 5.41) is 2.44. The second-order valence-electron chi connectivity index (χ2n) is 4.64. The van der Waals surface area contributed by atoms with Gasteiger partial charge in [0.05, 0.1) is 25.1 Å². The standard InChI is InChI=1S/C14H14F2N2O4S/c15-12-4-1-5-13(16)11(12)9-23(20,21)18-8-14(19)17-7-10-3-2-6-22-10/h1-6,18H,7-9H2,(H,17,19). The van der Waals surface area contributed by atoms with Gasteiger partial charge in [-0.05, 0) is 24.3 Å². The molecule has 0 bridgehead atoms. The Hall–Kier alpha value is -2.26. The number of benzene rings is 1. The van der Waals surface area contributed by atoms with Crippen molar-refractivity contribution in [2.75, 3.05) is 6.54 Å². The first-order valence-electron chi connectivity index (χ1n) is 6.57. The molecule has 0 radical (unpaired) electrons. The lowest BCUT2D eigenvalue weighted by molar-refractivity contribution is -0.120. The molecule has 6 nitrogen and oxygen atoms in total. The number of halogens is 2. The van der Waals surface area contributed by atoms with Crippen LogP contribution in [0.5, 0.6) is 0 Å². The Bertz CT molecular complexity index is 756. The van der Waals surface area contributed by atoms with Crippen molar-refractivity contribution < 1.29 is 26.4 Å². The summed E-state index contributed by atoms with van der Waals surface area (Å²) in [5.41, 5.74) is -0.573. The second kappa shape index (κ2) is 7.34. The van der Waals surface area contributed by atoms with E-state index in [1.54, 1.807) is 12.1 Å². The smallest absolute Gasteiger partial charge is 0.235 e. The molecule has 0 atom stereocenters. The summed E-state index contributed by atoms with van der Waals surface area (Å²) < 4.78 is 57.5. The Morgan fingerprint density at radius 2 is 1.83 bits per heavy atom. The summed E-state index contributed by atoms with van der Waals surface area (Å²) in [6.07, 6.45) is 1.44. The SMILES string of the molecule is O=C(CNS(=O)(=O)Cc1c(F)cccc1F)NCc1ccco1. The Morgan fingerprint density at radius 3 is 2.43 bits per heavy atom. The van der Waals surface area contributed by atoms with Crippen molar-refractivity contribution in [3.63, 3.8) is 0 Å². The molecule has 0 fully saturated rings. The fraction of sp³-hybridized carbons (Fsp3) is 0.214. The van der Waals surface area contributed by atoms with E-state index in [1.807, 2.05) is 4.72 Å². The topological polar surface area (TPSA) is 88.4 Å². The van der Waals surface area contributed by atoms with E-state index in [2.05, 4.69) is 5.32 Å². The van der Waals surface area contributed by atoms with E-state index >= 15 is 0 Å². The third kappa shape index (κ3) is 5.15. The van der Waals surface area contributed by atoms with E-state index in [1.165, 1.54) is 6.26 Å². The van der Waals surface area contributed by atoms with Gasteiger partial charge in [-0.3, -0.25) is 4.79 Å². The van der Waals surface area contributed by atoms with Crippen LogP contribution in [0.4, 0.5) is 8.78 Å². The molecule has 2 aromatic rings. The number of carbonyl (C=O) groups is 1. The van der Waals surface area contributed by atoms with Crippen molar-refractivity contribution in [1.29, 1.82) is 0 Å². The van der Waals surface area contributed by atoms with Gasteiger partial charge in [0.15, 0.2) is 0 Å². The highest BCUT2D eigenvalue weighted by Gasteiger charge is 2.19. The number of rotatable bonds is 7. The molecule has 124 valence electrons. The predicted molar refractivity (Wildman–Crippen MR) is 77.5 cm³/mol. The molecule has 1 aromatic carbocycles. The molecule has 0 saturated carbocycles.